The van der Waals surface area contributed by atoms with Crippen molar-refractivity contribution >= 4 is 12.0 Å². The van der Waals surface area contributed by atoms with Gasteiger partial charge in [0.25, 0.3) is 0 Å². The summed E-state index contributed by atoms with van der Waals surface area (Å²) in [5.74, 6) is -0.944. The molecule has 216 valence electrons. The number of piperidine rings is 1. The first kappa shape index (κ1) is 29.2. The van der Waals surface area contributed by atoms with Gasteiger partial charge in [-0.25, -0.2) is 23.5 Å². The Balaban J connectivity index is 1.25. The molecule has 2 aromatic heterocycles. The lowest BCUT2D eigenvalue weighted by atomic mass is 9.98. The fourth-order valence-corrected chi connectivity index (χ4v) is 4.44. The molecule has 0 saturated carbocycles. The molecule has 11 heteroatoms. The fraction of sp³-hybridized carbons (Fsp3) is 0.517. The number of halogens is 2. The number of hydrogen-bond acceptors (Lipinski definition) is 7. The smallest absolute Gasteiger partial charge is 0.407 e. The van der Waals surface area contributed by atoms with Crippen LogP contribution in [0, 0.1) is 17.6 Å². The van der Waals surface area contributed by atoms with E-state index in [1.165, 1.54) is 12.1 Å². The number of benzene rings is 1. The summed E-state index contributed by atoms with van der Waals surface area (Å²) in [5, 5.41) is 6.96. The van der Waals surface area contributed by atoms with Gasteiger partial charge < -0.3 is 19.7 Å². The van der Waals surface area contributed by atoms with Crippen LogP contribution >= 0.6 is 0 Å². The fourth-order valence-electron chi connectivity index (χ4n) is 4.44. The molecular weight excluding hydrogens is 518 g/mol. The van der Waals surface area contributed by atoms with Crippen molar-refractivity contribution in [3.05, 3.63) is 54.1 Å². The van der Waals surface area contributed by atoms with Gasteiger partial charge in [0.05, 0.1) is 12.8 Å². The number of rotatable bonds is 10. The number of aryl methyl sites for hydroxylation is 2. The molecule has 1 fully saturated rings. The second kappa shape index (κ2) is 13.1. The summed E-state index contributed by atoms with van der Waals surface area (Å²) in [6.07, 6.45) is 9.67. The normalized spacial score (nSPS) is 14.3. The lowest BCUT2D eigenvalue weighted by molar-refractivity contribution is 0.0526. The summed E-state index contributed by atoms with van der Waals surface area (Å²) < 4.78 is 42.2. The van der Waals surface area contributed by atoms with Crippen molar-refractivity contribution in [2.24, 2.45) is 5.92 Å². The minimum atomic E-state index is -0.744. The highest BCUT2D eigenvalue weighted by molar-refractivity contribution is 5.67. The van der Waals surface area contributed by atoms with Crippen LogP contribution in [0.3, 0.4) is 0 Å². The number of carbonyl (C=O) groups excluding carboxylic acids is 1. The number of ether oxygens (including phenoxy) is 2. The Morgan fingerprint density at radius 2 is 1.75 bits per heavy atom. The zero-order valence-electron chi connectivity index (χ0n) is 23.6. The number of alkyl carbamates (subject to hydrolysis) is 1. The molecule has 1 aliphatic rings. The molecule has 1 N–H and O–H groups in total. The predicted octanol–water partition coefficient (Wildman–Crippen LogP) is 5.39. The second-order valence-corrected chi connectivity index (χ2v) is 11.0. The number of nitrogens with one attached hydrogen (secondary N) is 1. The third-order valence-electron chi connectivity index (χ3n) is 6.66. The summed E-state index contributed by atoms with van der Waals surface area (Å²) in [6, 6.07) is 2.54. The molecule has 0 atom stereocenters. The Labute approximate surface area is 233 Å². The molecule has 1 aromatic carbocycles. The SMILES string of the molecule is CCc1cnc(N2CCC(COc3c(F)cc(-c4cnn(CCCNC(=O)OC(C)(C)C)c4)cc3F)CC2)nc1. The van der Waals surface area contributed by atoms with Crippen molar-refractivity contribution < 1.29 is 23.0 Å². The van der Waals surface area contributed by atoms with Crippen LogP contribution in [0.25, 0.3) is 11.1 Å². The number of nitrogens with zero attached hydrogens (tertiary/aromatic N) is 5. The first-order valence-electron chi connectivity index (χ1n) is 13.8. The zero-order chi connectivity index (χ0) is 28.7. The zero-order valence-corrected chi connectivity index (χ0v) is 23.6. The van der Waals surface area contributed by atoms with Crippen molar-refractivity contribution in [1.82, 2.24) is 25.1 Å². The average Bonchev–Trinajstić information content (AvgIpc) is 3.39. The van der Waals surface area contributed by atoms with Gasteiger partial charge in [-0.15, -0.1) is 0 Å². The van der Waals surface area contributed by atoms with Crippen LogP contribution in [0.15, 0.2) is 36.9 Å². The monoisotopic (exact) mass is 556 g/mol. The molecule has 3 aromatic rings. The van der Waals surface area contributed by atoms with Crippen LogP contribution in [0.2, 0.25) is 0 Å². The van der Waals surface area contributed by atoms with E-state index in [2.05, 4.69) is 32.2 Å². The summed E-state index contributed by atoms with van der Waals surface area (Å²) in [4.78, 5) is 22.7. The topological polar surface area (TPSA) is 94.4 Å². The predicted molar refractivity (Wildman–Crippen MR) is 148 cm³/mol. The standard InChI is InChI=1S/C29H38F2N6O3/c1-5-20-15-33-27(34-16-20)36-11-7-21(8-12-36)19-39-26-24(30)13-22(14-25(26)31)23-17-35-37(18-23)10-6-9-32-28(38)40-29(2,3)4/h13-18,21H,5-12,19H2,1-4H3,(H,32,38). The molecule has 0 aliphatic carbocycles. The van der Waals surface area contributed by atoms with E-state index in [0.29, 0.717) is 36.6 Å². The Morgan fingerprint density at radius 3 is 2.38 bits per heavy atom. The minimum absolute atomic E-state index is 0.188. The van der Waals surface area contributed by atoms with Crippen LogP contribution in [0.5, 0.6) is 5.75 Å². The molecule has 0 bridgehead atoms. The third kappa shape index (κ3) is 8.12. The maximum atomic E-state index is 14.9. The van der Waals surface area contributed by atoms with Crippen LogP contribution in [-0.2, 0) is 17.7 Å². The number of carbonyl (C=O) groups is 1. The summed E-state index contributed by atoms with van der Waals surface area (Å²) in [7, 11) is 0. The Hall–Kier alpha value is -3.76. The number of amides is 1. The average molecular weight is 557 g/mol. The third-order valence-corrected chi connectivity index (χ3v) is 6.66. The molecule has 0 spiro atoms. The van der Waals surface area contributed by atoms with E-state index in [9.17, 15) is 13.6 Å². The van der Waals surface area contributed by atoms with Gasteiger partial charge in [-0.05, 0) is 75.6 Å². The van der Waals surface area contributed by atoms with Crippen LogP contribution in [-0.4, -0.2) is 57.7 Å². The second-order valence-electron chi connectivity index (χ2n) is 11.0. The molecule has 9 nitrogen and oxygen atoms in total. The molecule has 4 rings (SSSR count). The first-order valence-corrected chi connectivity index (χ1v) is 13.8. The highest BCUT2D eigenvalue weighted by Crippen LogP contribution is 2.30. The Kier molecular flexibility index (Phi) is 9.54. The lowest BCUT2D eigenvalue weighted by Gasteiger charge is -2.31. The van der Waals surface area contributed by atoms with Crippen molar-refractivity contribution in [3.63, 3.8) is 0 Å². The Bertz CT molecular complexity index is 1240. The summed E-state index contributed by atoms with van der Waals surface area (Å²) in [6.45, 7) is 10.2. The van der Waals surface area contributed by atoms with E-state index < -0.39 is 23.3 Å². The molecule has 1 amide bonds. The molecule has 1 aliphatic heterocycles. The van der Waals surface area contributed by atoms with E-state index in [1.807, 2.05) is 12.4 Å². The van der Waals surface area contributed by atoms with Gasteiger partial charge >= 0.3 is 6.09 Å². The van der Waals surface area contributed by atoms with Crippen LogP contribution in [0.4, 0.5) is 19.5 Å². The van der Waals surface area contributed by atoms with E-state index in [1.54, 1.807) is 37.8 Å². The highest BCUT2D eigenvalue weighted by Gasteiger charge is 2.23. The molecule has 0 radical (unpaired) electrons. The van der Waals surface area contributed by atoms with Gasteiger partial charge in [0, 0.05) is 50.3 Å². The van der Waals surface area contributed by atoms with Crippen molar-refractivity contribution in [3.8, 4) is 16.9 Å². The quantitative estimate of drug-likeness (QED) is 0.335. The van der Waals surface area contributed by atoms with Crippen LogP contribution < -0.4 is 15.0 Å². The molecule has 40 heavy (non-hydrogen) atoms. The summed E-state index contributed by atoms with van der Waals surface area (Å²) >= 11 is 0. The van der Waals surface area contributed by atoms with Gasteiger partial charge in [-0.3, -0.25) is 4.68 Å². The largest absolute Gasteiger partial charge is 0.487 e. The van der Waals surface area contributed by atoms with Crippen molar-refractivity contribution in [1.29, 1.82) is 0 Å². The van der Waals surface area contributed by atoms with E-state index in [-0.39, 0.29) is 18.3 Å². The Morgan fingerprint density at radius 1 is 1.07 bits per heavy atom. The van der Waals surface area contributed by atoms with Gasteiger partial charge in [-0.2, -0.15) is 5.10 Å². The summed E-state index contributed by atoms with van der Waals surface area (Å²) in [5.41, 5.74) is 1.51. The molecular formula is C29H38F2N6O3. The van der Waals surface area contributed by atoms with E-state index >= 15 is 0 Å². The number of hydrogen-bond donors (Lipinski definition) is 1. The maximum Gasteiger partial charge on any atom is 0.407 e. The minimum Gasteiger partial charge on any atom is -0.487 e. The molecule has 0 unspecified atom stereocenters. The van der Waals surface area contributed by atoms with Gasteiger partial charge in [-0.1, -0.05) is 6.92 Å². The van der Waals surface area contributed by atoms with Crippen molar-refractivity contribution in [2.45, 2.75) is 65.5 Å². The number of anilines is 1. The van der Waals surface area contributed by atoms with Crippen molar-refractivity contribution in [2.75, 3.05) is 31.1 Å². The van der Waals surface area contributed by atoms with Crippen LogP contribution in [0.1, 0.15) is 52.5 Å². The first-order chi connectivity index (χ1) is 19.1. The molecule has 3 heterocycles. The lowest BCUT2D eigenvalue weighted by Crippen LogP contribution is -2.36. The van der Waals surface area contributed by atoms with Gasteiger partial charge in [0.1, 0.15) is 5.60 Å². The van der Waals surface area contributed by atoms with E-state index in [4.69, 9.17) is 9.47 Å². The highest BCUT2D eigenvalue weighted by atomic mass is 19.1. The number of aromatic nitrogens is 4. The van der Waals surface area contributed by atoms with Gasteiger partial charge in [0.15, 0.2) is 17.4 Å². The van der Waals surface area contributed by atoms with E-state index in [0.717, 1.165) is 37.9 Å². The maximum absolute atomic E-state index is 14.9. The molecule has 1 saturated heterocycles. The van der Waals surface area contributed by atoms with Gasteiger partial charge in [0.2, 0.25) is 5.95 Å².